The van der Waals surface area contributed by atoms with Gasteiger partial charge >= 0.3 is 0 Å². The van der Waals surface area contributed by atoms with Crippen molar-refractivity contribution in [3.8, 4) is 0 Å². The van der Waals surface area contributed by atoms with E-state index in [-0.39, 0.29) is 17.0 Å². The maximum Gasteiger partial charge on any atom is 0.125 e. The van der Waals surface area contributed by atoms with Gasteiger partial charge in [0.25, 0.3) is 0 Å². The molecular weight excluding hydrogens is 243 g/mol. The summed E-state index contributed by atoms with van der Waals surface area (Å²) < 4.78 is 19.7. The van der Waals surface area contributed by atoms with E-state index in [1.807, 2.05) is 6.07 Å². The van der Waals surface area contributed by atoms with Crippen molar-refractivity contribution in [1.29, 1.82) is 0 Å². The summed E-state index contributed by atoms with van der Waals surface area (Å²) >= 11 is 0. The Morgan fingerprint density at radius 1 is 1.16 bits per heavy atom. The van der Waals surface area contributed by atoms with E-state index in [0.29, 0.717) is 6.54 Å². The summed E-state index contributed by atoms with van der Waals surface area (Å²) in [7, 11) is 0. The number of morpholine rings is 1. The molecule has 0 bridgehead atoms. The van der Waals surface area contributed by atoms with Crippen molar-refractivity contribution < 1.29 is 9.13 Å². The fraction of sp³-hybridized carbons (Fsp3) is 0.600. The van der Waals surface area contributed by atoms with Gasteiger partial charge in [-0.15, -0.1) is 0 Å². The van der Waals surface area contributed by atoms with Crippen LogP contribution >= 0.6 is 0 Å². The zero-order valence-electron chi connectivity index (χ0n) is 12.2. The lowest BCUT2D eigenvalue weighted by atomic mass is 9.98. The average molecular weight is 266 g/mol. The van der Waals surface area contributed by atoms with E-state index < -0.39 is 0 Å². The van der Waals surface area contributed by atoms with E-state index in [9.17, 15) is 4.39 Å². The standard InChI is InChI=1S/C15H23FN2O/c1-14(2)9-18(10-15(3,4)19-14)13-6-11(8-17)5-12(16)7-13/h5-7H,8-10,17H2,1-4H3. The fourth-order valence-corrected chi connectivity index (χ4v) is 2.90. The molecule has 0 amide bonds. The number of anilines is 1. The summed E-state index contributed by atoms with van der Waals surface area (Å²) in [5, 5.41) is 0. The van der Waals surface area contributed by atoms with Crippen LogP contribution < -0.4 is 10.6 Å². The Hall–Kier alpha value is -1.13. The summed E-state index contributed by atoms with van der Waals surface area (Å²) in [6, 6.07) is 5.01. The number of rotatable bonds is 2. The van der Waals surface area contributed by atoms with Gasteiger partial charge in [-0.25, -0.2) is 4.39 Å². The molecule has 4 heteroatoms. The van der Waals surface area contributed by atoms with Crippen molar-refractivity contribution in [2.45, 2.75) is 45.4 Å². The van der Waals surface area contributed by atoms with Crippen LogP contribution in [0.4, 0.5) is 10.1 Å². The Balaban J connectivity index is 2.33. The highest BCUT2D eigenvalue weighted by molar-refractivity contribution is 5.50. The van der Waals surface area contributed by atoms with Gasteiger partial charge in [0, 0.05) is 25.3 Å². The van der Waals surface area contributed by atoms with Crippen LogP contribution in [0.1, 0.15) is 33.3 Å². The number of ether oxygens (including phenoxy) is 1. The largest absolute Gasteiger partial charge is 0.366 e. The van der Waals surface area contributed by atoms with Gasteiger partial charge in [-0.05, 0) is 51.5 Å². The number of hydrogen-bond donors (Lipinski definition) is 1. The van der Waals surface area contributed by atoms with Crippen LogP contribution in [0.2, 0.25) is 0 Å². The average Bonchev–Trinajstić information content (AvgIpc) is 2.24. The Morgan fingerprint density at radius 2 is 1.74 bits per heavy atom. The zero-order chi connectivity index (χ0) is 14.3. The molecule has 0 unspecified atom stereocenters. The molecule has 3 nitrogen and oxygen atoms in total. The maximum atomic E-state index is 13.6. The van der Waals surface area contributed by atoms with Gasteiger partial charge in [0.1, 0.15) is 5.82 Å². The lowest BCUT2D eigenvalue weighted by Gasteiger charge is -2.48. The number of nitrogens with zero attached hydrogens (tertiary/aromatic N) is 1. The second kappa shape index (κ2) is 4.76. The smallest absolute Gasteiger partial charge is 0.125 e. The molecule has 0 saturated carbocycles. The van der Waals surface area contributed by atoms with Crippen LogP contribution in [0.5, 0.6) is 0 Å². The highest BCUT2D eigenvalue weighted by atomic mass is 19.1. The summed E-state index contributed by atoms with van der Waals surface area (Å²) in [6.45, 7) is 10.1. The first-order valence-corrected chi connectivity index (χ1v) is 6.65. The third-order valence-corrected chi connectivity index (χ3v) is 3.24. The summed E-state index contributed by atoms with van der Waals surface area (Å²) in [5.41, 5.74) is 6.80. The van der Waals surface area contributed by atoms with Crippen molar-refractivity contribution in [3.05, 3.63) is 29.6 Å². The molecule has 19 heavy (non-hydrogen) atoms. The zero-order valence-corrected chi connectivity index (χ0v) is 12.2. The molecule has 1 aromatic rings. The summed E-state index contributed by atoms with van der Waals surface area (Å²) in [6.07, 6.45) is 0. The minimum atomic E-state index is -0.253. The first-order chi connectivity index (χ1) is 8.71. The lowest BCUT2D eigenvalue weighted by Crippen LogP contribution is -2.57. The minimum Gasteiger partial charge on any atom is -0.366 e. The number of halogens is 1. The fourth-order valence-electron chi connectivity index (χ4n) is 2.90. The molecule has 1 aliphatic heterocycles. The van der Waals surface area contributed by atoms with E-state index >= 15 is 0 Å². The van der Waals surface area contributed by atoms with Crippen LogP contribution in [0.3, 0.4) is 0 Å². The van der Waals surface area contributed by atoms with Crippen molar-refractivity contribution in [2.75, 3.05) is 18.0 Å². The van der Waals surface area contributed by atoms with E-state index in [1.165, 1.54) is 6.07 Å². The molecule has 1 aliphatic rings. The number of benzene rings is 1. The Labute approximate surface area is 114 Å². The topological polar surface area (TPSA) is 38.5 Å². The van der Waals surface area contributed by atoms with Crippen LogP contribution in [0, 0.1) is 5.82 Å². The predicted octanol–water partition coefficient (Wildman–Crippen LogP) is 2.68. The van der Waals surface area contributed by atoms with Gasteiger partial charge < -0.3 is 15.4 Å². The molecule has 1 saturated heterocycles. The van der Waals surface area contributed by atoms with E-state index in [4.69, 9.17) is 10.5 Å². The molecular formula is C15H23FN2O. The molecule has 1 aromatic carbocycles. The number of hydrogen-bond acceptors (Lipinski definition) is 3. The molecule has 0 aliphatic carbocycles. The molecule has 0 aromatic heterocycles. The molecule has 1 fully saturated rings. The van der Waals surface area contributed by atoms with Crippen LogP contribution in [-0.4, -0.2) is 24.3 Å². The molecule has 1 heterocycles. The van der Waals surface area contributed by atoms with Gasteiger partial charge in [-0.1, -0.05) is 0 Å². The molecule has 0 atom stereocenters. The van der Waals surface area contributed by atoms with Crippen molar-refractivity contribution in [3.63, 3.8) is 0 Å². The minimum absolute atomic E-state index is 0.236. The molecule has 2 N–H and O–H groups in total. The monoisotopic (exact) mass is 266 g/mol. The second-order valence-corrected chi connectivity index (χ2v) is 6.50. The van der Waals surface area contributed by atoms with Crippen molar-refractivity contribution in [1.82, 2.24) is 0 Å². The second-order valence-electron chi connectivity index (χ2n) is 6.50. The third kappa shape index (κ3) is 3.45. The third-order valence-electron chi connectivity index (χ3n) is 3.24. The molecule has 2 rings (SSSR count). The van der Waals surface area contributed by atoms with E-state index in [2.05, 4.69) is 32.6 Å². The van der Waals surface area contributed by atoms with Gasteiger partial charge in [0.2, 0.25) is 0 Å². The van der Waals surface area contributed by atoms with Crippen molar-refractivity contribution >= 4 is 5.69 Å². The van der Waals surface area contributed by atoms with E-state index in [1.54, 1.807) is 6.07 Å². The Bertz CT molecular complexity index is 455. The maximum absolute atomic E-state index is 13.6. The summed E-state index contributed by atoms with van der Waals surface area (Å²) in [4.78, 5) is 2.17. The summed E-state index contributed by atoms with van der Waals surface area (Å²) in [5.74, 6) is -0.236. The normalized spacial score (nSPS) is 21.5. The number of nitrogens with two attached hydrogens (primary N) is 1. The van der Waals surface area contributed by atoms with Gasteiger partial charge in [0.05, 0.1) is 11.2 Å². The first kappa shape index (κ1) is 14.3. The first-order valence-electron chi connectivity index (χ1n) is 6.65. The van der Waals surface area contributed by atoms with Crippen molar-refractivity contribution in [2.24, 2.45) is 5.73 Å². The SMILES string of the molecule is CC1(C)CN(c2cc(F)cc(CN)c2)CC(C)(C)O1. The quantitative estimate of drug-likeness (QED) is 0.894. The highest BCUT2D eigenvalue weighted by Gasteiger charge is 2.38. The predicted molar refractivity (Wildman–Crippen MR) is 75.7 cm³/mol. The van der Waals surface area contributed by atoms with Gasteiger partial charge in [-0.2, -0.15) is 0 Å². The lowest BCUT2D eigenvalue weighted by molar-refractivity contribution is -0.133. The Kier molecular flexibility index (Phi) is 3.58. The van der Waals surface area contributed by atoms with Gasteiger partial charge in [-0.3, -0.25) is 0 Å². The van der Waals surface area contributed by atoms with Crippen LogP contribution in [0.25, 0.3) is 0 Å². The van der Waals surface area contributed by atoms with Crippen LogP contribution in [0.15, 0.2) is 18.2 Å². The van der Waals surface area contributed by atoms with Gasteiger partial charge in [0.15, 0.2) is 0 Å². The van der Waals surface area contributed by atoms with E-state index in [0.717, 1.165) is 24.3 Å². The molecule has 0 radical (unpaired) electrons. The Morgan fingerprint density at radius 3 is 2.26 bits per heavy atom. The molecule has 106 valence electrons. The van der Waals surface area contributed by atoms with Crippen LogP contribution in [-0.2, 0) is 11.3 Å². The molecule has 0 spiro atoms. The highest BCUT2D eigenvalue weighted by Crippen LogP contribution is 2.32.